The lowest BCUT2D eigenvalue weighted by molar-refractivity contribution is -0.695. The maximum Gasteiger partial charge on any atom is 0.230 e. The van der Waals surface area contributed by atoms with Crippen LogP contribution >= 0.6 is 0 Å². The highest BCUT2D eigenvalue weighted by molar-refractivity contribution is 5.91. The van der Waals surface area contributed by atoms with Crippen molar-refractivity contribution in [2.75, 3.05) is 5.32 Å². The Hall–Kier alpha value is -2.36. The molecule has 1 heterocycles. The van der Waals surface area contributed by atoms with Gasteiger partial charge in [-0.25, -0.2) is 4.57 Å². The maximum absolute atomic E-state index is 11.8. The van der Waals surface area contributed by atoms with E-state index in [-0.39, 0.29) is 11.7 Å². The topological polar surface area (TPSA) is 53.2 Å². The molecule has 0 fully saturated rings. The number of rotatable bonds is 4. The van der Waals surface area contributed by atoms with Crippen LogP contribution in [0.1, 0.15) is 12.0 Å². The van der Waals surface area contributed by atoms with Gasteiger partial charge >= 0.3 is 0 Å². The third-order valence-corrected chi connectivity index (χ3v) is 2.83. The Labute approximate surface area is 112 Å². The number of carbonyl (C=O) groups is 1. The van der Waals surface area contributed by atoms with Gasteiger partial charge in [-0.05, 0) is 24.6 Å². The number of nitrogens with one attached hydrogen (secondary N) is 1. The van der Waals surface area contributed by atoms with Crippen LogP contribution in [0, 0.1) is 6.92 Å². The Bertz CT molecular complexity index is 565. The summed E-state index contributed by atoms with van der Waals surface area (Å²) in [6, 6.07) is 10.7. The summed E-state index contributed by atoms with van der Waals surface area (Å²) in [4.78, 5) is 11.8. The van der Waals surface area contributed by atoms with Crippen LogP contribution in [0.2, 0.25) is 0 Å². The molecule has 0 spiro atoms. The van der Waals surface area contributed by atoms with Crippen LogP contribution in [-0.2, 0) is 11.3 Å². The third kappa shape index (κ3) is 3.81. The van der Waals surface area contributed by atoms with E-state index >= 15 is 0 Å². The van der Waals surface area contributed by atoms with Gasteiger partial charge in [-0.2, -0.15) is 0 Å². The van der Waals surface area contributed by atoms with Crippen LogP contribution < -0.4 is 9.88 Å². The lowest BCUT2D eigenvalue weighted by Crippen LogP contribution is -2.34. The highest BCUT2D eigenvalue weighted by Crippen LogP contribution is 2.21. The second-order valence-corrected chi connectivity index (χ2v) is 4.43. The second-order valence-electron chi connectivity index (χ2n) is 4.43. The third-order valence-electron chi connectivity index (χ3n) is 2.83. The maximum atomic E-state index is 11.8. The fourth-order valence-electron chi connectivity index (χ4n) is 1.70. The molecule has 0 aliphatic carbocycles. The molecule has 0 unspecified atom stereocenters. The van der Waals surface area contributed by atoms with Gasteiger partial charge in [0, 0.05) is 12.1 Å². The van der Waals surface area contributed by atoms with E-state index in [1.165, 1.54) is 5.56 Å². The molecular weight excluding hydrogens is 240 g/mol. The SMILES string of the molecule is Cc1cc[n+](CCC(=O)Nc2ccccc2O)cc1. The largest absolute Gasteiger partial charge is 0.506 e. The predicted octanol–water partition coefficient (Wildman–Crippen LogP) is 2.02. The molecule has 0 radical (unpaired) electrons. The van der Waals surface area contributed by atoms with Crippen molar-refractivity contribution in [3.8, 4) is 5.75 Å². The molecule has 0 saturated heterocycles. The smallest absolute Gasteiger partial charge is 0.230 e. The minimum Gasteiger partial charge on any atom is -0.506 e. The number of aryl methyl sites for hydroxylation is 2. The standard InChI is InChI=1S/C15H16N2O2/c1-12-6-9-17(10-7-12)11-8-15(19)16-13-4-2-3-5-14(13)18/h2-7,9-10H,8,11H2,1H3,(H-,16,18,19)/p+1. The molecule has 4 heteroatoms. The van der Waals surface area contributed by atoms with Gasteiger partial charge in [-0.3, -0.25) is 4.79 Å². The Morgan fingerprint density at radius 2 is 1.89 bits per heavy atom. The summed E-state index contributed by atoms with van der Waals surface area (Å²) in [6.07, 6.45) is 4.26. The summed E-state index contributed by atoms with van der Waals surface area (Å²) in [5.74, 6) is -0.0339. The molecule has 1 amide bonds. The molecule has 2 rings (SSSR count). The number of benzene rings is 1. The molecule has 0 aliphatic heterocycles. The zero-order chi connectivity index (χ0) is 13.7. The zero-order valence-electron chi connectivity index (χ0n) is 10.8. The molecular formula is C15H17N2O2+. The first-order valence-corrected chi connectivity index (χ1v) is 6.19. The molecule has 2 aromatic rings. The fraction of sp³-hybridized carbons (Fsp3) is 0.200. The minimum atomic E-state index is -0.116. The summed E-state index contributed by atoms with van der Waals surface area (Å²) in [6.45, 7) is 2.63. The molecule has 19 heavy (non-hydrogen) atoms. The molecule has 0 bridgehead atoms. The average Bonchev–Trinajstić information content (AvgIpc) is 2.41. The molecule has 1 aromatic carbocycles. The average molecular weight is 257 g/mol. The van der Waals surface area contributed by atoms with Crippen molar-refractivity contribution in [1.82, 2.24) is 0 Å². The van der Waals surface area contributed by atoms with Gasteiger partial charge in [-0.15, -0.1) is 0 Å². The van der Waals surface area contributed by atoms with Gasteiger partial charge in [0.15, 0.2) is 18.9 Å². The van der Waals surface area contributed by atoms with Crippen molar-refractivity contribution in [1.29, 1.82) is 0 Å². The van der Waals surface area contributed by atoms with Gasteiger partial charge in [0.05, 0.1) is 12.1 Å². The summed E-state index contributed by atoms with van der Waals surface area (Å²) < 4.78 is 1.96. The number of pyridine rings is 1. The Morgan fingerprint density at radius 3 is 2.58 bits per heavy atom. The Balaban J connectivity index is 1.88. The van der Waals surface area contributed by atoms with Gasteiger partial charge in [0.25, 0.3) is 0 Å². The van der Waals surface area contributed by atoms with Crippen molar-refractivity contribution in [3.05, 3.63) is 54.4 Å². The zero-order valence-corrected chi connectivity index (χ0v) is 10.8. The van der Waals surface area contributed by atoms with E-state index in [0.717, 1.165) is 0 Å². The number of aromatic nitrogens is 1. The number of para-hydroxylation sites is 2. The van der Waals surface area contributed by atoms with E-state index in [2.05, 4.69) is 5.32 Å². The van der Waals surface area contributed by atoms with E-state index in [4.69, 9.17) is 0 Å². The molecule has 2 N–H and O–H groups in total. The van der Waals surface area contributed by atoms with E-state index in [0.29, 0.717) is 18.7 Å². The Kier molecular flexibility index (Phi) is 4.13. The van der Waals surface area contributed by atoms with E-state index < -0.39 is 0 Å². The van der Waals surface area contributed by atoms with Crippen LogP contribution in [0.5, 0.6) is 5.75 Å². The quantitative estimate of drug-likeness (QED) is 0.650. The summed E-state index contributed by atoms with van der Waals surface area (Å²) in [7, 11) is 0. The lowest BCUT2D eigenvalue weighted by atomic mass is 10.2. The van der Waals surface area contributed by atoms with Crippen molar-refractivity contribution < 1.29 is 14.5 Å². The van der Waals surface area contributed by atoms with Crippen LogP contribution in [-0.4, -0.2) is 11.0 Å². The first kappa shape index (κ1) is 13.1. The van der Waals surface area contributed by atoms with Crippen molar-refractivity contribution in [3.63, 3.8) is 0 Å². The number of aromatic hydroxyl groups is 1. The van der Waals surface area contributed by atoms with E-state index in [1.54, 1.807) is 24.3 Å². The number of anilines is 1. The van der Waals surface area contributed by atoms with Gasteiger partial charge in [0.1, 0.15) is 5.75 Å². The Morgan fingerprint density at radius 1 is 1.21 bits per heavy atom. The molecule has 0 saturated carbocycles. The molecule has 4 nitrogen and oxygen atoms in total. The highest BCUT2D eigenvalue weighted by Gasteiger charge is 2.08. The van der Waals surface area contributed by atoms with Gasteiger partial charge in [-0.1, -0.05) is 12.1 Å². The van der Waals surface area contributed by atoms with E-state index in [1.807, 2.05) is 36.0 Å². The second kappa shape index (κ2) is 6.00. The van der Waals surface area contributed by atoms with Crippen LogP contribution in [0.25, 0.3) is 0 Å². The molecule has 0 atom stereocenters. The number of hydrogen-bond acceptors (Lipinski definition) is 2. The van der Waals surface area contributed by atoms with Gasteiger partial charge in [0.2, 0.25) is 5.91 Å². The highest BCUT2D eigenvalue weighted by atomic mass is 16.3. The number of phenols is 1. The normalized spacial score (nSPS) is 10.2. The minimum absolute atomic E-state index is 0.0823. The van der Waals surface area contributed by atoms with E-state index in [9.17, 15) is 9.90 Å². The number of nitrogens with zero attached hydrogens (tertiary/aromatic N) is 1. The summed E-state index contributed by atoms with van der Waals surface area (Å²) >= 11 is 0. The van der Waals surface area contributed by atoms with Crippen LogP contribution in [0.4, 0.5) is 5.69 Å². The fourth-order valence-corrected chi connectivity index (χ4v) is 1.70. The van der Waals surface area contributed by atoms with Crippen LogP contribution in [0.3, 0.4) is 0 Å². The summed E-state index contributed by atoms with van der Waals surface area (Å²) in [5.41, 5.74) is 1.64. The number of amides is 1. The van der Waals surface area contributed by atoms with Crippen molar-refractivity contribution in [2.45, 2.75) is 19.9 Å². The monoisotopic (exact) mass is 257 g/mol. The number of phenolic OH excluding ortho intramolecular Hbond substituents is 1. The number of hydrogen-bond donors (Lipinski definition) is 2. The molecule has 0 aliphatic rings. The molecule has 1 aromatic heterocycles. The van der Waals surface area contributed by atoms with Crippen molar-refractivity contribution >= 4 is 11.6 Å². The van der Waals surface area contributed by atoms with Crippen LogP contribution in [0.15, 0.2) is 48.8 Å². The predicted molar refractivity (Wildman–Crippen MR) is 72.7 cm³/mol. The first-order chi connectivity index (χ1) is 9.15. The lowest BCUT2D eigenvalue weighted by Gasteiger charge is -2.05. The summed E-state index contributed by atoms with van der Waals surface area (Å²) in [5, 5.41) is 12.2. The van der Waals surface area contributed by atoms with Crippen molar-refractivity contribution in [2.24, 2.45) is 0 Å². The molecule has 98 valence electrons. The number of carbonyl (C=O) groups excluding carboxylic acids is 1. The first-order valence-electron chi connectivity index (χ1n) is 6.19. The van der Waals surface area contributed by atoms with Gasteiger partial charge < -0.3 is 10.4 Å².